The van der Waals surface area contributed by atoms with Crippen molar-refractivity contribution in [2.45, 2.75) is 13.8 Å². The van der Waals surface area contributed by atoms with Crippen LogP contribution in [0.1, 0.15) is 21.5 Å². The van der Waals surface area contributed by atoms with Crippen LogP contribution in [-0.2, 0) is 4.79 Å². The Morgan fingerprint density at radius 3 is 2.41 bits per heavy atom. The number of benzene rings is 2. The Labute approximate surface area is 129 Å². The van der Waals surface area contributed by atoms with Crippen molar-refractivity contribution in [3.05, 3.63) is 59.2 Å². The summed E-state index contributed by atoms with van der Waals surface area (Å²) < 4.78 is 5.21. The molecule has 0 atom stereocenters. The highest BCUT2D eigenvalue weighted by molar-refractivity contribution is 6.04. The van der Waals surface area contributed by atoms with E-state index in [4.69, 9.17) is 10.5 Å². The van der Waals surface area contributed by atoms with Gasteiger partial charge in [-0.15, -0.1) is 0 Å². The molecule has 0 aliphatic rings. The van der Waals surface area contributed by atoms with Gasteiger partial charge in [0.1, 0.15) is 5.75 Å². The van der Waals surface area contributed by atoms with Gasteiger partial charge < -0.3 is 15.8 Å². The van der Waals surface area contributed by atoms with E-state index in [2.05, 4.69) is 5.32 Å². The predicted molar refractivity (Wildman–Crippen MR) is 85.0 cm³/mol. The van der Waals surface area contributed by atoms with Gasteiger partial charge in [0.25, 0.3) is 11.8 Å². The van der Waals surface area contributed by atoms with Gasteiger partial charge in [0.2, 0.25) is 0 Å². The molecule has 0 aromatic heterocycles. The fraction of sp³-hybridized carbons (Fsp3) is 0.176. The molecule has 0 fully saturated rings. The molecule has 0 saturated carbocycles. The van der Waals surface area contributed by atoms with Crippen molar-refractivity contribution in [2.24, 2.45) is 5.73 Å². The lowest BCUT2D eigenvalue weighted by molar-refractivity contribution is -0.119. The average molecular weight is 298 g/mol. The smallest absolute Gasteiger partial charge is 0.255 e. The number of anilines is 1. The minimum Gasteiger partial charge on any atom is -0.484 e. The number of hydrogen-bond acceptors (Lipinski definition) is 3. The first-order chi connectivity index (χ1) is 10.4. The maximum absolute atomic E-state index is 12.3. The monoisotopic (exact) mass is 298 g/mol. The number of primary amides is 1. The third-order valence-corrected chi connectivity index (χ3v) is 2.96. The summed E-state index contributed by atoms with van der Waals surface area (Å²) in [6.45, 7) is 3.69. The van der Waals surface area contributed by atoms with Crippen LogP contribution in [0, 0.1) is 13.8 Å². The molecule has 0 heterocycles. The van der Waals surface area contributed by atoms with Crippen molar-refractivity contribution in [3.8, 4) is 5.75 Å². The minimum absolute atomic E-state index is 0.196. The van der Waals surface area contributed by atoms with Gasteiger partial charge in [-0.1, -0.05) is 23.3 Å². The van der Waals surface area contributed by atoms with Crippen molar-refractivity contribution < 1.29 is 14.3 Å². The van der Waals surface area contributed by atoms with E-state index in [1.807, 2.05) is 32.0 Å². The zero-order valence-electron chi connectivity index (χ0n) is 12.6. The molecule has 2 rings (SSSR count). The van der Waals surface area contributed by atoms with Gasteiger partial charge in [0.15, 0.2) is 6.61 Å². The third kappa shape index (κ3) is 4.34. The minimum atomic E-state index is -0.551. The highest BCUT2D eigenvalue weighted by atomic mass is 16.5. The topological polar surface area (TPSA) is 81.4 Å². The highest BCUT2D eigenvalue weighted by Gasteiger charge is 2.08. The summed E-state index contributed by atoms with van der Waals surface area (Å²) in [7, 11) is 0. The number of aryl methyl sites for hydroxylation is 2. The molecule has 0 bridgehead atoms. The normalized spacial score (nSPS) is 10.1. The molecule has 5 heteroatoms. The molecule has 2 aromatic rings. The molecular formula is C17H18N2O3. The van der Waals surface area contributed by atoms with Crippen molar-refractivity contribution >= 4 is 17.5 Å². The van der Waals surface area contributed by atoms with E-state index in [1.165, 1.54) is 0 Å². The molecular weight excluding hydrogens is 280 g/mol. The maximum Gasteiger partial charge on any atom is 0.255 e. The summed E-state index contributed by atoms with van der Waals surface area (Å²) in [5.74, 6) is -0.277. The third-order valence-electron chi connectivity index (χ3n) is 2.96. The van der Waals surface area contributed by atoms with Crippen LogP contribution in [0.5, 0.6) is 5.75 Å². The van der Waals surface area contributed by atoms with Crippen LogP contribution in [0.3, 0.4) is 0 Å². The molecule has 0 aliphatic carbocycles. The summed E-state index contributed by atoms with van der Waals surface area (Å²) in [6, 6.07) is 12.5. The largest absolute Gasteiger partial charge is 0.484 e. The van der Waals surface area contributed by atoms with Crippen LogP contribution in [0.2, 0.25) is 0 Å². The lowest BCUT2D eigenvalue weighted by atomic mass is 10.1. The Hall–Kier alpha value is -2.82. The molecule has 0 aliphatic heterocycles. The van der Waals surface area contributed by atoms with Gasteiger partial charge in [0.05, 0.1) is 0 Å². The predicted octanol–water partition coefficient (Wildman–Crippen LogP) is 2.42. The molecule has 0 spiro atoms. The zero-order valence-corrected chi connectivity index (χ0v) is 12.6. The van der Waals surface area contributed by atoms with Crippen molar-refractivity contribution in [3.63, 3.8) is 0 Å². The molecule has 0 radical (unpaired) electrons. The number of nitrogens with one attached hydrogen (secondary N) is 1. The summed E-state index contributed by atoms with van der Waals surface area (Å²) in [5, 5.41) is 2.81. The van der Waals surface area contributed by atoms with Crippen LogP contribution in [-0.4, -0.2) is 18.4 Å². The Balaban J connectivity index is 2.11. The van der Waals surface area contributed by atoms with E-state index in [1.54, 1.807) is 24.3 Å². The standard InChI is InChI=1S/C17H18N2O3/c1-11-6-12(2)8-13(7-11)17(21)19-14-4-3-5-15(9-14)22-10-16(18)20/h3-9H,10H2,1-2H3,(H2,18,20)(H,19,21). The summed E-state index contributed by atoms with van der Waals surface area (Å²) in [6.07, 6.45) is 0. The van der Waals surface area contributed by atoms with E-state index in [0.29, 0.717) is 17.0 Å². The number of carbonyl (C=O) groups is 2. The van der Waals surface area contributed by atoms with E-state index in [9.17, 15) is 9.59 Å². The average Bonchev–Trinajstić information content (AvgIpc) is 2.44. The first-order valence-corrected chi connectivity index (χ1v) is 6.85. The number of hydrogen-bond donors (Lipinski definition) is 2. The Morgan fingerprint density at radius 2 is 1.77 bits per heavy atom. The molecule has 0 unspecified atom stereocenters. The Bertz CT molecular complexity index is 691. The van der Waals surface area contributed by atoms with Crippen LogP contribution < -0.4 is 15.8 Å². The molecule has 0 saturated heterocycles. The number of nitrogens with two attached hydrogens (primary N) is 1. The first kappa shape index (κ1) is 15.6. The zero-order chi connectivity index (χ0) is 16.1. The van der Waals surface area contributed by atoms with E-state index < -0.39 is 5.91 Å². The van der Waals surface area contributed by atoms with Crippen molar-refractivity contribution in [2.75, 3.05) is 11.9 Å². The Morgan fingerprint density at radius 1 is 1.09 bits per heavy atom. The second kappa shape index (κ2) is 6.76. The number of amides is 2. The summed E-state index contributed by atoms with van der Waals surface area (Å²) in [4.78, 5) is 23.0. The number of rotatable bonds is 5. The van der Waals surface area contributed by atoms with E-state index in [-0.39, 0.29) is 12.5 Å². The highest BCUT2D eigenvalue weighted by Crippen LogP contribution is 2.18. The SMILES string of the molecule is Cc1cc(C)cc(C(=O)Nc2cccc(OCC(N)=O)c2)c1. The van der Waals surface area contributed by atoms with Gasteiger partial charge in [0, 0.05) is 17.3 Å². The van der Waals surface area contributed by atoms with Gasteiger partial charge >= 0.3 is 0 Å². The van der Waals surface area contributed by atoms with E-state index in [0.717, 1.165) is 11.1 Å². The van der Waals surface area contributed by atoms with E-state index >= 15 is 0 Å². The fourth-order valence-electron chi connectivity index (χ4n) is 2.13. The quantitative estimate of drug-likeness (QED) is 0.889. The number of ether oxygens (including phenoxy) is 1. The summed E-state index contributed by atoms with van der Waals surface area (Å²) >= 11 is 0. The molecule has 22 heavy (non-hydrogen) atoms. The molecule has 114 valence electrons. The fourth-order valence-corrected chi connectivity index (χ4v) is 2.13. The van der Waals surface area contributed by atoms with Crippen LogP contribution in [0.15, 0.2) is 42.5 Å². The van der Waals surface area contributed by atoms with Crippen molar-refractivity contribution in [1.82, 2.24) is 0 Å². The summed E-state index contributed by atoms with van der Waals surface area (Å²) in [5.41, 5.74) is 8.28. The first-order valence-electron chi connectivity index (χ1n) is 6.85. The van der Waals surface area contributed by atoms with Crippen LogP contribution >= 0.6 is 0 Å². The van der Waals surface area contributed by atoms with Gasteiger partial charge in [-0.05, 0) is 38.1 Å². The second-order valence-electron chi connectivity index (χ2n) is 5.11. The molecule has 3 N–H and O–H groups in total. The lowest BCUT2D eigenvalue weighted by Gasteiger charge is -2.09. The van der Waals surface area contributed by atoms with Gasteiger partial charge in [-0.2, -0.15) is 0 Å². The second-order valence-corrected chi connectivity index (χ2v) is 5.11. The van der Waals surface area contributed by atoms with Crippen LogP contribution in [0.25, 0.3) is 0 Å². The van der Waals surface area contributed by atoms with Crippen molar-refractivity contribution in [1.29, 1.82) is 0 Å². The number of carbonyl (C=O) groups excluding carboxylic acids is 2. The van der Waals surface area contributed by atoms with Gasteiger partial charge in [-0.3, -0.25) is 9.59 Å². The molecule has 2 amide bonds. The maximum atomic E-state index is 12.3. The molecule has 5 nitrogen and oxygen atoms in total. The van der Waals surface area contributed by atoms with Gasteiger partial charge in [-0.25, -0.2) is 0 Å². The molecule has 2 aromatic carbocycles. The van der Waals surface area contributed by atoms with Crippen LogP contribution in [0.4, 0.5) is 5.69 Å². The Kier molecular flexibility index (Phi) is 4.78. The lowest BCUT2D eigenvalue weighted by Crippen LogP contribution is -2.20.